The minimum absolute atomic E-state index is 0.0115. The number of phenolic OH excluding ortho intramolecular Hbond substituents is 1. The predicted molar refractivity (Wildman–Crippen MR) is 228 cm³/mol. The Labute approximate surface area is 357 Å². The van der Waals surface area contributed by atoms with E-state index >= 15 is 0 Å². The van der Waals surface area contributed by atoms with Gasteiger partial charge in [-0.2, -0.15) is 0 Å². The number of amides is 2. The van der Waals surface area contributed by atoms with Gasteiger partial charge in [-0.25, -0.2) is 4.79 Å². The number of rotatable bonds is 17. The van der Waals surface area contributed by atoms with Gasteiger partial charge in [0.15, 0.2) is 5.79 Å². The second-order valence-electron chi connectivity index (χ2n) is 17.8. The summed E-state index contributed by atoms with van der Waals surface area (Å²) < 4.78 is 25.3. The van der Waals surface area contributed by atoms with Gasteiger partial charge < -0.3 is 39.4 Å². The average Bonchev–Trinajstić information content (AvgIpc) is 4.19. The number of nitrogens with one attached hydrogen (secondary N) is 1. The third-order valence-electron chi connectivity index (χ3n) is 11.8. The van der Waals surface area contributed by atoms with Gasteiger partial charge in [-0.1, -0.05) is 72.8 Å². The van der Waals surface area contributed by atoms with Gasteiger partial charge in [0.1, 0.15) is 35.7 Å². The Hall–Kier alpha value is -5.30. The smallest absolute Gasteiger partial charge is 0.338 e. The fourth-order valence-corrected chi connectivity index (χ4v) is 8.34. The number of phenols is 1. The fraction of sp³-hybridized carbons (Fsp3) is 0.469. The highest BCUT2D eigenvalue weighted by atomic mass is 16.8. The van der Waals surface area contributed by atoms with Crippen LogP contribution >= 0.6 is 0 Å². The molecule has 1 heterocycles. The molecule has 2 saturated carbocycles. The van der Waals surface area contributed by atoms with E-state index in [4.69, 9.17) is 18.9 Å². The summed E-state index contributed by atoms with van der Waals surface area (Å²) >= 11 is 0. The first-order valence-electron chi connectivity index (χ1n) is 21.5. The third-order valence-corrected chi connectivity index (χ3v) is 11.8. The number of likely N-dealkylation sites (N-methyl/N-ethyl adjacent to an activating group) is 1. The van der Waals surface area contributed by atoms with E-state index in [0.29, 0.717) is 17.6 Å². The number of aliphatic hydroxyl groups excluding tert-OH is 1. The van der Waals surface area contributed by atoms with Crippen LogP contribution in [0.2, 0.25) is 0 Å². The summed E-state index contributed by atoms with van der Waals surface area (Å²) in [5, 5.41) is 23.2. The Morgan fingerprint density at radius 2 is 1.66 bits per heavy atom. The lowest BCUT2D eigenvalue weighted by atomic mass is 9.90. The first kappa shape index (κ1) is 43.8. The Bertz CT molecular complexity index is 2110. The molecule has 0 aromatic heterocycles. The van der Waals surface area contributed by atoms with Gasteiger partial charge in [-0.05, 0) is 100 Å². The molecular weight excluding hydrogens is 777 g/mol. The summed E-state index contributed by atoms with van der Waals surface area (Å²) in [5.41, 5.74) is 2.39. The number of fused-ring (bicyclic) bond motifs is 1. The zero-order valence-corrected chi connectivity index (χ0v) is 35.5. The molecule has 7 rings (SSSR count). The molecule has 1 aliphatic heterocycles. The summed E-state index contributed by atoms with van der Waals surface area (Å²) in [6.45, 7) is 4.90. The van der Waals surface area contributed by atoms with Crippen LogP contribution in [0.1, 0.15) is 92.8 Å². The van der Waals surface area contributed by atoms with Crippen molar-refractivity contribution < 1.29 is 48.3 Å². The van der Waals surface area contributed by atoms with E-state index in [-0.39, 0.29) is 43.3 Å². The number of benzene rings is 3. The number of hydrogen-bond donors (Lipinski definition) is 3. The minimum atomic E-state index is -0.996. The molecule has 3 N–H and O–H groups in total. The zero-order chi connectivity index (χ0) is 43.3. The van der Waals surface area contributed by atoms with Crippen molar-refractivity contribution in [1.82, 2.24) is 10.2 Å². The molecule has 5 atom stereocenters. The number of para-hydroxylation sites is 1. The first-order valence-corrected chi connectivity index (χ1v) is 21.5. The van der Waals surface area contributed by atoms with Crippen molar-refractivity contribution in [3.8, 4) is 5.75 Å². The van der Waals surface area contributed by atoms with Crippen LogP contribution in [-0.2, 0) is 46.2 Å². The molecular formula is C49H58N2O10. The number of aromatic hydroxyl groups is 1. The van der Waals surface area contributed by atoms with Crippen LogP contribution in [0, 0.1) is 11.8 Å². The average molecular weight is 835 g/mol. The molecule has 0 spiro atoms. The van der Waals surface area contributed by atoms with Gasteiger partial charge in [-0.3, -0.25) is 14.4 Å². The zero-order valence-electron chi connectivity index (χ0n) is 35.5. The molecule has 0 radical (unpaired) electrons. The fourth-order valence-electron chi connectivity index (χ4n) is 8.34. The van der Waals surface area contributed by atoms with Crippen molar-refractivity contribution >= 4 is 29.8 Å². The molecule has 61 heavy (non-hydrogen) atoms. The molecule has 324 valence electrons. The molecule has 12 nitrogen and oxygen atoms in total. The van der Waals surface area contributed by atoms with Crippen molar-refractivity contribution in [3.63, 3.8) is 0 Å². The van der Waals surface area contributed by atoms with Crippen molar-refractivity contribution in [2.75, 3.05) is 13.7 Å². The summed E-state index contributed by atoms with van der Waals surface area (Å²) in [6.07, 6.45) is 8.22. The highest BCUT2D eigenvalue weighted by Gasteiger charge is 2.64. The van der Waals surface area contributed by atoms with Crippen molar-refractivity contribution in [1.29, 1.82) is 0 Å². The van der Waals surface area contributed by atoms with Crippen molar-refractivity contribution in [3.05, 3.63) is 119 Å². The summed E-state index contributed by atoms with van der Waals surface area (Å²) in [4.78, 5) is 56.6. The monoisotopic (exact) mass is 834 g/mol. The quantitative estimate of drug-likeness (QED) is 0.129. The molecule has 2 amide bonds. The second kappa shape index (κ2) is 18.8. The Kier molecular flexibility index (Phi) is 13.5. The van der Waals surface area contributed by atoms with Crippen LogP contribution in [0.15, 0.2) is 96.6 Å². The number of ether oxygens (including phenoxy) is 4. The van der Waals surface area contributed by atoms with Gasteiger partial charge in [0, 0.05) is 43.7 Å². The van der Waals surface area contributed by atoms with E-state index in [9.17, 15) is 29.4 Å². The second-order valence-corrected chi connectivity index (χ2v) is 17.8. The number of carbonyl (C=O) groups is 4. The van der Waals surface area contributed by atoms with Gasteiger partial charge >= 0.3 is 11.9 Å². The molecule has 3 aromatic carbocycles. The maximum atomic E-state index is 14.7. The number of esters is 2. The summed E-state index contributed by atoms with van der Waals surface area (Å²) in [5.74, 6) is -2.05. The van der Waals surface area contributed by atoms with Gasteiger partial charge in [0.05, 0.1) is 18.2 Å². The number of hydrogen-bond acceptors (Lipinski definition) is 10. The number of aliphatic hydroxyl groups is 1. The van der Waals surface area contributed by atoms with E-state index in [1.165, 1.54) is 4.90 Å². The van der Waals surface area contributed by atoms with E-state index in [1.807, 2.05) is 60.7 Å². The summed E-state index contributed by atoms with van der Waals surface area (Å²) in [6, 6.07) is 21.8. The molecule has 0 unspecified atom stereocenters. The van der Waals surface area contributed by atoms with Crippen LogP contribution in [0.5, 0.6) is 5.75 Å². The normalized spacial score (nSPS) is 21.8. The SMILES string of the molecule is CN(C(=O)C1=C[C@H]2OC(C3CC3)(C3CC3)O[C@H]2[C@H](OC(=O)c2cccc(C=CCc3ccccc3O)c2)C1)[C@H](Cc1ccccc1)C(=O)N[C@H](CO)CCC(=O)OC(C)(C)C. The highest BCUT2D eigenvalue weighted by molar-refractivity contribution is 5.97. The van der Waals surface area contributed by atoms with Crippen LogP contribution in [0.4, 0.5) is 0 Å². The maximum absolute atomic E-state index is 14.7. The van der Waals surface area contributed by atoms with E-state index in [2.05, 4.69) is 5.32 Å². The number of carbonyl (C=O) groups excluding carboxylic acids is 4. The molecule has 3 fully saturated rings. The number of allylic oxidation sites excluding steroid dienone is 1. The molecule has 0 bridgehead atoms. The standard InChI is InChI=1S/C49H58N2O10/c1-48(2,3)60-43(54)25-24-38(30-52)50-45(55)39(27-32-12-6-5-7-13-32)51(4)46(56)35-28-41(44-42(29-35)59-49(61-44,36-20-21-36)37-22-23-37)58-47(57)34-18-11-15-31(26-34)14-10-17-33-16-8-9-19-40(33)53/h5-16,18-19,26,29,36-39,41-42,44,52-53H,17,20-25,27-28,30H2,1-4H3,(H,50,55)/t38-,39+,41+,42+,44-/m0/s1. The first-order chi connectivity index (χ1) is 29.2. The van der Waals surface area contributed by atoms with Crippen LogP contribution in [0.3, 0.4) is 0 Å². The van der Waals surface area contributed by atoms with E-state index in [0.717, 1.165) is 42.4 Å². The largest absolute Gasteiger partial charge is 0.508 e. The van der Waals surface area contributed by atoms with Crippen LogP contribution in [-0.4, -0.2) is 94.3 Å². The molecule has 12 heteroatoms. The minimum Gasteiger partial charge on any atom is -0.508 e. The van der Waals surface area contributed by atoms with Crippen LogP contribution < -0.4 is 5.32 Å². The molecule has 3 aromatic rings. The van der Waals surface area contributed by atoms with E-state index in [1.54, 1.807) is 64.2 Å². The third kappa shape index (κ3) is 11.0. The van der Waals surface area contributed by atoms with Crippen molar-refractivity contribution in [2.24, 2.45) is 11.8 Å². The lowest BCUT2D eigenvalue weighted by Gasteiger charge is -2.34. The Balaban J connectivity index is 1.10. The predicted octanol–water partition coefficient (Wildman–Crippen LogP) is 6.47. The highest BCUT2D eigenvalue weighted by Crippen LogP contribution is 2.59. The molecule has 1 saturated heterocycles. The lowest BCUT2D eigenvalue weighted by molar-refractivity contribution is -0.209. The summed E-state index contributed by atoms with van der Waals surface area (Å²) in [7, 11) is 1.57. The molecule has 3 aliphatic carbocycles. The van der Waals surface area contributed by atoms with Gasteiger partial charge in [-0.15, -0.1) is 0 Å². The van der Waals surface area contributed by atoms with Crippen molar-refractivity contribution in [2.45, 2.75) is 120 Å². The number of nitrogens with zero attached hydrogens (tertiary/aromatic N) is 1. The van der Waals surface area contributed by atoms with E-state index < -0.39 is 72.1 Å². The van der Waals surface area contributed by atoms with Gasteiger partial charge in [0.25, 0.3) is 0 Å². The topological polar surface area (TPSA) is 161 Å². The lowest BCUT2D eigenvalue weighted by Crippen LogP contribution is -2.53. The van der Waals surface area contributed by atoms with Gasteiger partial charge in [0.2, 0.25) is 11.8 Å². The Morgan fingerprint density at radius 1 is 0.951 bits per heavy atom. The maximum Gasteiger partial charge on any atom is 0.338 e. The van der Waals surface area contributed by atoms with Crippen LogP contribution in [0.25, 0.3) is 6.08 Å². The molecule has 4 aliphatic rings. The Morgan fingerprint density at radius 3 is 2.33 bits per heavy atom.